The van der Waals surface area contributed by atoms with Crippen LogP contribution in [0.25, 0.3) is 0 Å². The number of nitrogens with zero attached hydrogens (tertiary/aromatic N) is 2. The minimum atomic E-state index is -0.144. The Bertz CT molecular complexity index is 534. The Balaban J connectivity index is 0.00000200. The van der Waals surface area contributed by atoms with Gasteiger partial charge in [-0.25, -0.2) is 0 Å². The van der Waals surface area contributed by atoms with Gasteiger partial charge in [-0.15, -0.1) is 12.4 Å². The molecule has 2 atom stereocenters. The molecule has 2 N–H and O–H groups in total. The molecule has 1 heterocycles. The molecule has 0 aliphatic carbocycles. The first kappa shape index (κ1) is 16.7. The summed E-state index contributed by atoms with van der Waals surface area (Å²) in [5, 5.41) is 4.04. The van der Waals surface area contributed by atoms with Crippen molar-refractivity contribution in [1.82, 2.24) is 10.1 Å². The topological polar surface area (TPSA) is 64.9 Å². The molecule has 0 saturated carbocycles. The highest BCUT2D eigenvalue weighted by Gasteiger charge is 2.26. The summed E-state index contributed by atoms with van der Waals surface area (Å²) in [5.74, 6) is 1.31. The highest BCUT2D eigenvalue weighted by Crippen LogP contribution is 2.29. The maximum atomic E-state index is 6.26. The fourth-order valence-corrected chi connectivity index (χ4v) is 1.84. The van der Waals surface area contributed by atoms with Crippen molar-refractivity contribution in [3.63, 3.8) is 0 Å². The molecule has 0 fully saturated rings. The standard InChI is InChI=1S/C15H21N3O.ClH/c1-10(12(16)11-8-6-5-7-9-11)13-17-14(18-19-13)15(2,3)4;/h5-10,12H,16H2,1-4H3;1H. The van der Waals surface area contributed by atoms with Crippen molar-refractivity contribution in [3.8, 4) is 0 Å². The number of hydrogen-bond donors (Lipinski definition) is 1. The Hall–Kier alpha value is -1.39. The summed E-state index contributed by atoms with van der Waals surface area (Å²) in [6, 6.07) is 9.83. The number of aromatic nitrogens is 2. The zero-order valence-corrected chi connectivity index (χ0v) is 13.1. The average molecular weight is 296 g/mol. The predicted octanol–water partition coefficient (Wildman–Crippen LogP) is 3.59. The van der Waals surface area contributed by atoms with Gasteiger partial charge in [0, 0.05) is 11.5 Å². The predicted molar refractivity (Wildman–Crippen MR) is 82.0 cm³/mol. The summed E-state index contributed by atoms with van der Waals surface area (Å²) < 4.78 is 5.35. The zero-order valence-electron chi connectivity index (χ0n) is 12.3. The van der Waals surface area contributed by atoms with E-state index in [-0.39, 0.29) is 29.8 Å². The molecule has 1 aromatic heterocycles. The van der Waals surface area contributed by atoms with Crippen LogP contribution in [-0.4, -0.2) is 10.1 Å². The molecule has 0 radical (unpaired) electrons. The number of hydrogen-bond acceptors (Lipinski definition) is 4. The van der Waals surface area contributed by atoms with Crippen LogP contribution in [0.2, 0.25) is 0 Å². The van der Waals surface area contributed by atoms with Crippen LogP contribution in [0, 0.1) is 0 Å². The van der Waals surface area contributed by atoms with E-state index in [9.17, 15) is 0 Å². The Labute approximate surface area is 126 Å². The molecule has 2 unspecified atom stereocenters. The molecule has 0 spiro atoms. The van der Waals surface area contributed by atoms with E-state index in [1.807, 2.05) is 37.3 Å². The molecule has 20 heavy (non-hydrogen) atoms. The minimum absolute atomic E-state index is 0. The summed E-state index contributed by atoms with van der Waals surface area (Å²) in [6.45, 7) is 8.19. The summed E-state index contributed by atoms with van der Waals surface area (Å²) >= 11 is 0. The van der Waals surface area contributed by atoms with Crippen molar-refractivity contribution < 1.29 is 4.52 Å². The quantitative estimate of drug-likeness (QED) is 0.940. The smallest absolute Gasteiger partial charge is 0.231 e. The van der Waals surface area contributed by atoms with E-state index < -0.39 is 0 Å². The first-order valence-corrected chi connectivity index (χ1v) is 6.54. The SMILES string of the molecule is CC(c1nc(C(C)(C)C)no1)C(N)c1ccccc1.Cl. The molecule has 1 aromatic carbocycles. The Kier molecular flexibility index (Phi) is 5.31. The van der Waals surface area contributed by atoms with Crippen molar-refractivity contribution in [1.29, 1.82) is 0 Å². The number of rotatable bonds is 3. The number of halogens is 1. The first-order valence-electron chi connectivity index (χ1n) is 6.54. The van der Waals surface area contributed by atoms with Gasteiger partial charge in [0.1, 0.15) is 0 Å². The summed E-state index contributed by atoms with van der Waals surface area (Å²) in [6.07, 6.45) is 0. The molecule has 5 heteroatoms. The van der Waals surface area contributed by atoms with Gasteiger partial charge in [0.2, 0.25) is 5.89 Å². The van der Waals surface area contributed by atoms with E-state index in [1.165, 1.54) is 0 Å². The van der Waals surface area contributed by atoms with Crippen molar-refractivity contribution in [2.24, 2.45) is 5.73 Å². The zero-order chi connectivity index (χ0) is 14.0. The molecular formula is C15H22ClN3O. The van der Waals surface area contributed by atoms with Crippen LogP contribution in [0.1, 0.15) is 56.9 Å². The Morgan fingerprint density at radius 2 is 1.75 bits per heavy atom. The number of benzene rings is 1. The second kappa shape index (κ2) is 6.37. The highest BCUT2D eigenvalue weighted by molar-refractivity contribution is 5.85. The van der Waals surface area contributed by atoms with E-state index in [1.54, 1.807) is 0 Å². The molecule has 0 saturated heterocycles. The number of nitrogens with two attached hydrogens (primary N) is 1. The van der Waals surface area contributed by atoms with Crippen molar-refractivity contribution >= 4 is 12.4 Å². The molecule has 0 amide bonds. The third kappa shape index (κ3) is 3.58. The molecule has 2 aromatic rings. The molecule has 110 valence electrons. The fraction of sp³-hybridized carbons (Fsp3) is 0.467. The van der Waals surface area contributed by atoms with Crippen LogP contribution in [0.4, 0.5) is 0 Å². The lowest BCUT2D eigenvalue weighted by Gasteiger charge is -2.16. The van der Waals surface area contributed by atoms with E-state index in [2.05, 4.69) is 30.9 Å². The molecule has 0 bridgehead atoms. The normalized spacial score (nSPS) is 14.4. The van der Waals surface area contributed by atoms with Gasteiger partial charge in [-0.3, -0.25) is 0 Å². The van der Waals surface area contributed by atoms with E-state index in [4.69, 9.17) is 10.3 Å². The monoisotopic (exact) mass is 295 g/mol. The second-order valence-electron chi connectivity index (χ2n) is 5.93. The highest BCUT2D eigenvalue weighted by atomic mass is 35.5. The van der Waals surface area contributed by atoms with Crippen molar-refractivity contribution in [2.75, 3.05) is 0 Å². The first-order chi connectivity index (χ1) is 8.89. The van der Waals surface area contributed by atoms with Crippen LogP contribution in [0.5, 0.6) is 0 Å². The largest absolute Gasteiger partial charge is 0.339 e. The van der Waals surface area contributed by atoms with Crippen LogP contribution < -0.4 is 5.73 Å². The summed E-state index contributed by atoms with van der Waals surface area (Å²) in [7, 11) is 0. The van der Waals surface area contributed by atoms with Crippen molar-refractivity contribution in [2.45, 2.75) is 45.1 Å². The lowest BCUT2D eigenvalue weighted by Crippen LogP contribution is -2.18. The van der Waals surface area contributed by atoms with E-state index >= 15 is 0 Å². The van der Waals surface area contributed by atoms with Gasteiger partial charge >= 0.3 is 0 Å². The van der Waals surface area contributed by atoms with E-state index in [0.29, 0.717) is 5.89 Å². The van der Waals surface area contributed by atoms with Gasteiger partial charge < -0.3 is 10.3 Å². The van der Waals surface area contributed by atoms with Crippen LogP contribution in [0.3, 0.4) is 0 Å². The third-order valence-corrected chi connectivity index (χ3v) is 3.23. The molecular weight excluding hydrogens is 274 g/mol. The molecule has 0 aliphatic rings. The maximum Gasteiger partial charge on any atom is 0.231 e. The van der Waals surface area contributed by atoms with Crippen LogP contribution in [-0.2, 0) is 5.41 Å². The van der Waals surface area contributed by atoms with Crippen molar-refractivity contribution in [3.05, 3.63) is 47.6 Å². The molecule has 0 aliphatic heterocycles. The van der Waals surface area contributed by atoms with Crippen LogP contribution in [0.15, 0.2) is 34.9 Å². The Morgan fingerprint density at radius 3 is 2.25 bits per heavy atom. The van der Waals surface area contributed by atoms with Crippen LogP contribution >= 0.6 is 12.4 Å². The van der Waals surface area contributed by atoms with Gasteiger partial charge in [0.15, 0.2) is 5.82 Å². The van der Waals surface area contributed by atoms with Gasteiger partial charge in [-0.2, -0.15) is 4.98 Å². The van der Waals surface area contributed by atoms with Gasteiger partial charge in [-0.05, 0) is 5.56 Å². The summed E-state index contributed by atoms with van der Waals surface area (Å²) in [5.41, 5.74) is 7.22. The lowest BCUT2D eigenvalue weighted by atomic mass is 9.94. The Morgan fingerprint density at radius 1 is 1.15 bits per heavy atom. The van der Waals surface area contributed by atoms with E-state index in [0.717, 1.165) is 11.4 Å². The molecule has 4 nitrogen and oxygen atoms in total. The van der Waals surface area contributed by atoms with Gasteiger partial charge in [-0.1, -0.05) is 63.2 Å². The summed E-state index contributed by atoms with van der Waals surface area (Å²) in [4.78, 5) is 4.47. The minimum Gasteiger partial charge on any atom is -0.339 e. The average Bonchev–Trinajstić information content (AvgIpc) is 2.87. The fourth-order valence-electron chi connectivity index (χ4n) is 1.84. The third-order valence-electron chi connectivity index (χ3n) is 3.23. The maximum absolute atomic E-state index is 6.26. The molecule has 2 rings (SSSR count). The van der Waals surface area contributed by atoms with Gasteiger partial charge in [0.05, 0.1) is 5.92 Å². The van der Waals surface area contributed by atoms with Gasteiger partial charge in [0.25, 0.3) is 0 Å². The lowest BCUT2D eigenvalue weighted by molar-refractivity contribution is 0.334. The second-order valence-corrected chi connectivity index (χ2v) is 5.93.